The van der Waals surface area contributed by atoms with Crippen LogP contribution in [0, 0.1) is 0 Å². The van der Waals surface area contributed by atoms with Crippen LogP contribution in [0.15, 0.2) is 48.5 Å². The Balaban J connectivity index is 1.87. The fraction of sp³-hybridized carbons (Fsp3) is 0.368. The highest BCUT2D eigenvalue weighted by atomic mass is 16.5. The van der Waals surface area contributed by atoms with Gasteiger partial charge in [0.1, 0.15) is 6.10 Å². The van der Waals surface area contributed by atoms with E-state index in [1.165, 1.54) is 16.7 Å². The maximum atomic E-state index is 6.49. The van der Waals surface area contributed by atoms with Gasteiger partial charge in [0.25, 0.3) is 0 Å². The summed E-state index contributed by atoms with van der Waals surface area (Å²) in [6.45, 7) is 5.16. The molecular weight excluding hydrogens is 258 g/mol. The van der Waals surface area contributed by atoms with E-state index in [0.717, 1.165) is 18.6 Å². The molecule has 110 valence electrons. The Morgan fingerprint density at radius 1 is 1.00 bits per heavy atom. The Morgan fingerprint density at radius 3 is 2.38 bits per heavy atom. The Labute approximate surface area is 126 Å². The molecule has 1 aliphatic rings. The standard InChI is InChI=1S/C19H23NO/c1-13(2)14-7-9-16(10-8-14)18(20)19-17-6-4-3-5-15(17)11-12-21-19/h3-10,13,18-19H,11-12,20H2,1-2H3. The summed E-state index contributed by atoms with van der Waals surface area (Å²) in [6, 6.07) is 17.0. The van der Waals surface area contributed by atoms with Crippen molar-refractivity contribution in [3.63, 3.8) is 0 Å². The number of hydrogen-bond acceptors (Lipinski definition) is 2. The van der Waals surface area contributed by atoms with Gasteiger partial charge in [0.2, 0.25) is 0 Å². The van der Waals surface area contributed by atoms with Crippen molar-refractivity contribution in [1.82, 2.24) is 0 Å². The van der Waals surface area contributed by atoms with Gasteiger partial charge in [-0.3, -0.25) is 0 Å². The van der Waals surface area contributed by atoms with E-state index in [1.807, 2.05) is 0 Å². The minimum atomic E-state index is -0.118. The summed E-state index contributed by atoms with van der Waals surface area (Å²) >= 11 is 0. The van der Waals surface area contributed by atoms with Crippen LogP contribution in [0.5, 0.6) is 0 Å². The Hall–Kier alpha value is -1.64. The van der Waals surface area contributed by atoms with Gasteiger partial charge in [-0.1, -0.05) is 62.4 Å². The summed E-state index contributed by atoms with van der Waals surface area (Å²) < 4.78 is 5.97. The molecular formula is C19H23NO. The van der Waals surface area contributed by atoms with Gasteiger partial charge >= 0.3 is 0 Å². The molecule has 2 nitrogen and oxygen atoms in total. The molecule has 2 aromatic carbocycles. The predicted octanol–water partition coefficient (Wildman–Crippen LogP) is 4.12. The lowest BCUT2D eigenvalue weighted by Crippen LogP contribution is -2.27. The lowest BCUT2D eigenvalue weighted by Gasteiger charge is -2.30. The molecule has 2 aromatic rings. The topological polar surface area (TPSA) is 35.2 Å². The highest BCUT2D eigenvalue weighted by molar-refractivity contribution is 5.35. The molecule has 0 aromatic heterocycles. The van der Waals surface area contributed by atoms with E-state index in [4.69, 9.17) is 10.5 Å². The van der Waals surface area contributed by atoms with Gasteiger partial charge in [-0.05, 0) is 34.6 Å². The van der Waals surface area contributed by atoms with E-state index in [9.17, 15) is 0 Å². The Bertz CT molecular complexity index is 603. The first-order valence-corrected chi connectivity index (χ1v) is 7.71. The normalized spacial score (nSPS) is 19.3. The van der Waals surface area contributed by atoms with Gasteiger partial charge < -0.3 is 10.5 Å². The number of rotatable bonds is 3. The first-order valence-electron chi connectivity index (χ1n) is 7.71. The minimum absolute atomic E-state index is 0.0418. The van der Waals surface area contributed by atoms with Crippen LogP contribution in [0.1, 0.15) is 54.2 Å². The fourth-order valence-corrected chi connectivity index (χ4v) is 3.00. The quantitative estimate of drug-likeness (QED) is 0.918. The smallest absolute Gasteiger partial charge is 0.102 e. The van der Waals surface area contributed by atoms with Crippen molar-refractivity contribution in [3.05, 3.63) is 70.8 Å². The Morgan fingerprint density at radius 2 is 1.67 bits per heavy atom. The molecule has 2 heteroatoms. The van der Waals surface area contributed by atoms with E-state index in [0.29, 0.717) is 5.92 Å². The van der Waals surface area contributed by atoms with E-state index >= 15 is 0 Å². The molecule has 21 heavy (non-hydrogen) atoms. The average molecular weight is 281 g/mol. The molecule has 1 heterocycles. The maximum absolute atomic E-state index is 6.49. The highest BCUT2D eigenvalue weighted by Gasteiger charge is 2.27. The second-order valence-corrected chi connectivity index (χ2v) is 6.09. The second kappa shape index (κ2) is 6.00. The summed E-state index contributed by atoms with van der Waals surface area (Å²) in [7, 11) is 0. The monoisotopic (exact) mass is 281 g/mol. The summed E-state index contributed by atoms with van der Waals surface area (Å²) in [5.74, 6) is 0.543. The lowest BCUT2D eigenvalue weighted by atomic mass is 9.89. The zero-order chi connectivity index (χ0) is 14.8. The zero-order valence-corrected chi connectivity index (χ0v) is 12.8. The van der Waals surface area contributed by atoms with Crippen molar-refractivity contribution in [3.8, 4) is 0 Å². The lowest BCUT2D eigenvalue weighted by molar-refractivity contribution is 0.0241. The largest absolute Gasteiger partial charge is 0.371 e. The van der Waals surface area contributed by atoms with Gasteiger partial charge in [-0.2, -0.15) is 0 Å². The highest BCUT2D eigenvalue weighted by Crippen LogP contribution is 2.35. The third-order valence-corrected chi connectivity index (χ3v) is 4.34. The van der Waals surface area contributed by atoms with Crippen molar-refractivity contribution in [2.45, 2.75) is 38.3 Å². The van der Waals surface area contributed by atoms with Gasteiger partial charge in [-0.15, -0.1) is 0 Å². The van der Waals surface area contributed by atoms with Crippen LogP contribution in [0.25, 0.3) is 0 Å². The Kier molecular flexibility index (Phi) is 4.09. The molecule has 0 saturated carbocycles. The van der Waals surface area contributed by atoms with Gasteiger partial charge in [-0.25, -0.2) is 0 Å². The molecule has 0 saturated heterocycles. The first-order chi connectivity index (χ1) is 10.2. The van der Waals surface area contributed by atoms with Crippen molar-refractivity contribution in [2.24, 2.45) is 5.73 Å². The van der Waals surface area contributed by atoms with Gasteiger partial charge in [0, 0.05) is 0 Å². The number of fused-ring (bicyclic) bond motifs is 1. The van der Waals surface area contributed by atoms with E-state index in [2.05, 4.69) is 62.4 Å². The van der Waals surface area contributed by atoms with Crippen molar-refractivity contribution >= 4 is 0 Å². The van der Waals surface area contributed by atoms with Crippen LogP contribution in [-0.2, 0) is 11.2 Å². The molecule has 2 unspecified atom stereocenters. The molecule has 0 radical (unpaired) electrons. The molecule has 0 fully saturated rings. The van der Waals surface area contributed by atoms with E-state index in [-0.39, 0.29) is 12.1 Å². The van der Waals surface area contributed by atoms with Crippen LogP contribution < -0.4 is 5.73 Å². The summed E-state index contributed by atoms with van der Waals surface area (Å²) in [5, 5.41) is 0. The van der Waals surface area contributed by atoms with Crippen LogP contribution in [-0.4, -0.2) is 6.61 Å². The third kappa shape index (κ3) is 2.87. The van der Waals surface area contributed by atoms with Crippen molar-refractivity contribution in [2.75, 3.05) is 6.61 Å². The molecule has 0 aliphatic carbocycles. The number of hydrogen-bond donors (Lipinski definition) is 1. The van der Waals surface area contributed by atoms with Crippen LogP contribution >= 0.6 is 0 Å². The number of nitrogens with two attached hydrogens (primary N) is 1. The van der Waals surface area contributed by atoms with Gasteiger partial charge in [0.05, 0.1) is 12.6 Å². The zero-order valence-electron chi connectivity index (χ0n) is 12.8. The summed E-state index contributed by atoms with van der Waals surface area (Å²) in [5.41, 5.74) is 11.6. The molecule has 3 rings (SSSR count). The minimum Gasteiger partial charge on any atom is -0.371 e. The third-order valence-electron chi connectivity index (χ3n) is 4.34. The average Bonchev–Trinajstić information content (AvgIpc) is 2.53. The summed E-state index contributed by atoms with van der Waals surface area (Å²) in [6.07, 6.45) is 0.936. The van der Waals surface area contributed by atoms with Crippen LogP contribution in [0.4, 0.5) is 0 Å². The molecule has 0 amide bonds. The predicted molar refractivity (Wildman–Crippen MR) is 86.3 cm³/mol. The van der Waals surface area contributed by atoms with Crippen LogP contribution in [0.2, 0.25) is 0 Å². The van der Waals surface area contributed by atoms with Gasteiger partial charge in [0.15, 0.2) is 0 Å². The fourth-order valence-electron chi connectivity index (χ4n) is 3.00. The second-order valence-electron chi connectivity index (χ2n) is 6.09. The SMILES string of the molecule is CC(C)c1ccc(C(N)C2OCCc3ccccc32)cc1. The molecule has 1 aliphatic heterocycles. The summed E-state index contributed by atoms with van der Waals surface area (Å²) in [4.78, 5) is 0. The van der Waals surface area contributed by atoms with Crippen molar-refractivity contribution in [1.29, 1.82) is 0 Å². The molecule has 2 N–H and O–H groups in total. The van der Waals surface area contributed by atoms with E-state index < -0.39 is 0 Å². The molecule has 0 bridgehead atoms. The number of benzene rings is 2. The maximum Gasteiger partial charge on any atom is 0.102 e. The number of ether oxygens (including phenoxy) is 1. The molecule has 0 spiro atoms. The first kappa shape index (κ1) is 14.3. The molecule has 2 atom stereocenters. The van der Waals surface area contributed by atoms with Crippen LogP contribution in [0.3, 0.4) is 0 Å². The van der Waals surface area contributed by atoms with E-state index in [1.54, 1.807) is 0 Å². The van der Waals surface area contributed by atoms with Crippen molar-refractivity contribution < 1.29 is 4.74 Å².